The average molecular weight is 212 g/mol. The van der Waals surface area contributed by atoms with Crippen LogP contribution >= 0.6 is 0 Å². The summed E-state index contributed by atoms with van der Waals surface area (Å²) in [6, 6.07) is 0.160. The van der Waals surface area contributed by atoms with Crippen molar-refractivity contribution in [1.29, 1.82) is 0 Å². The summed E-state index contributed by atoms with van der Waals surface area (Å²) in [6.45, 7) is 3.70. The van der Waals surface area contributed by atoms with E-state index in [2.05, 4.69) is 4.90 Å². The molecule has 2 aliphatic carbocycles. The number of nitrogens with zero attached hydrogens (tertiary/aromatic N) is 1. The number of hydrogen-bond acceptors (Lipinski definition) is 3. The molecular weight excluding hydrogens is 188 g/mol. The number of aliphatic hydroxyl groups is 1. The highest BCUT2D eigenvalue weighted by atomic mass is 16.3. The first-order valence-electron chi connectivity index (χ1n) is 6.36. The molecule has 1 atom stereocenters. The van der Waals surface area contributed by atoms with Crippen LogP contribution in [0.15, 0.2) is 0 Å². The number of hydrogen-bond donors (Lipinski definition) is 2. The van der Waals surface area contributed by atoms with Gasteiger partial charge in [-0.25, -0.2) is 0 Å². The Morgan fingerprint density at radius 3 is 2.07 bits per heavy atom. The van der Waals surface area contributed by atoms with Gasteiger partial charge in [-0.15, -0.1) is 0 Å². The van der Waals surface area contributed by atoms with Crippen molar-refractivity contribution < 1.29 is 5.11 Å². The zero-order chi connectivity index (χ0) is 10.7. The summed E-state index contributed by atoms with van der Waals surface area (Å²) in [4.78, 5) is 2.54. The summed E-state index contributed by atoms with van der Waals surface area (Å²) < 4.78 is 0. The van der Waals surface area contributed by atoms with E-state index in [9.17, 15) is 0 Å². The molecule has 2 aliphatic rings. The van der Waals surface area contributed by atoms with Gasteiger partial charge < -0.3 is 15.7 Å². The molecular formula is C12H24N2O. The minimum atomic E-state index is 0.160. The normalized spacial score (nSPS) is 23.4. The van der Waals surface area contributed by atoms with Crippen LogP contribution in [0.4, 0.5) is 0 Å². The lowest BCUT2D eigenvalue weighted by molar-refractivity contribution is 0.212. The van der Waals surface area contributed by atoms with Crippen molar-refractivity contribution in [2.75, 3.05) is 26.2 Å². The maximum Gasteiger partial charge on any atom is 0.0446 e. The highest BCUT2D eigenvalue weighted by Gasteiger charge is 2.29. The standard InChI is InChI=1S/C12H24N2O/c13-12(5-6-15)9-14(7-10-1-2-10)8-11-3-4-11/h10-12,15H,1-9,13H2. The van der Waals surface area contributed by atoms with Crippen LogP contribution in [0, 0.1) is 11.8 Å². The van der Waals surface area contributed by atoms with Crippen molar-refractivity contribution >= 4 is 0 Å². The number of nitrogens with two attached hydrogens (primary N) is 1. The second-order valence-corrected chi connectivity index (χ2v) is 5.38. The van der Waals surface area contributed by atoms with Crippen LogP contribution in [0.5, 0.6) is 0 Å². The molecule has 88 valence electrons. The molecule has 0 spiro atoms. The molecule has 3 nitrogen and oxygen atoms in total. The Hall–Kier alpha value is -0.120. The topological polar surface area (TPSA) is 49.5 Å². The molecule has 3 heteroatoms. The van der Waals surface area contributed by atoms with E-state index in [4.69, 9.17) is 10.8 Å². The third-order valence-electron chi connectivity index (χ3n) is 3.42. The maximum atomic E-state index is 8.84. The molecule has 1 unspecified atom stereocenters. The van der Waals surface area contributed by atoms with Crippen molar-refractivity contribution in [3.05, 3.63) is 0 Å². The molecule has 0 bridgehead atoms. The Bertz CT molecular complexity index is 176. The fourth-order valence-electron chi connectivity index (χ4n) is 2.14. The van der Waals surface area contributed by atoms with Gasteiger partial charge in [0.1, 0.15) is 0 Å². The van der Waals surface area contributed by atoms with Crippen LogP contribution in [0.1, 0.15) is 32.1 Å². The Morgan fingerprint density at radius 2 is 1.67 bits per heavy atom. The first kappa shape index (κ1) is 11.4. The van der Waals surface area contributed by atoms with Gasteiger partial charge in [0.25, 0.3) is 0 Å². The number of aliphatic hydroxyl groups excluding tert-OH is 1. The molecule has 0 aromatic carbocycles. The molecule has 0 aromatic heterocycles. The molecule has 15 heavy (non-hydrogen) atoms. The molecule has 2 rings (SSSR count). The van der Waals surface area contributed by atoms with Crippen LogP contribution in [0.25, 0.3) is 0 Å². The van der Waals surface area contributed by atoms with E-state index in [0.717, 1.165) is 24.8 Å². The maximum absolute atomic E-state index is 8.84. The Morgan fingerprint density at radius 1 is 1.13 bits per heavy atom. The lowest BCUT2D eigenvalue weighted by atomic mass is 10.2. The molecule has 0 aliphatic heterocycles. The zero-order valence-corrected chi connectivity index (χ0v) is 9.57. The molecule has 2 saturated carbocycles. The third-order valence-corrected chi connectivity index (χ3v) is 3.42. The van der Waals surface area contributed by atoms with E-state index >= 15 is 0 Å². The van der Waals surface area contributed by atoms with Gasteiger partial charge in [0.15, 0.2) is 0 Å². The predicted octanol–water partition coefficient (Wildman–Crippen LogP) is 0.818. The summed E-state index contributed by atoms with van der Waals surface area (Å²) in [6.07, 6.45) is 6.39. The molecule has 2 fully saturated rings. The van der Waals surface area contributed by atoms with Crippen molar-refractivity contribution in [2.24, 2.45) is 17.6 Å². The largest absolute Gasteiger partial charge is 0.396 e. The summed E-state index contributed by atoms with van der Waals surface area (Å²) in [5.74, 6) is 1.90. The molecule has 0 saturated heterocycles. The molecule has 0 radical (unpaired) electrons. The zero-order valence-electron chi connectivity index (χ0n) is 9.57. The molecule has 0 aromatic rings. The van der Waals surface area contributed by atoms with E-state index in [-0.39, 0.29) is 12.6 Å². The van der Waals surface area contributed by atoms with Crippen LogP contribution in [-0.2, 0) is 0 Å². The Balaban J connectivity index is 1.69. The highest BCUT2D eigenvalue weighted by molar-refractivity contribution is 4.83. The van der Waals surface area contributed by atoms with Gasteiger partial charge >= 0.3 is 0 Å². The summed E-state index contributed by atoms with van der Waals surface area (Å²) >= 11 is 0. The molecule has 3 N–H and O–H groups in total. The minimum Gasteiger partial charge on any atom is -0.396 e. The van der Waals surface area contributed by atoms with Gasteiger partial charge in [0.05, 0.1) is 0 Å². The van der Waals surface area contributed by atoms with E-state index < -0.39 is 0 Å². The molecule has 0 amide bonds. The second kappa shape index (κ2) is 5.28. The fourth-order valence-corrected chi connectivity index (χ4v) is 2.14. The van der Waals surface area contributed by atoms with Gasteiger partial charge in [-0.1, -0.05) is 0 Å². The van der Waals surface area contributed by atoms with Gasteiger partial charge in [-0.3, -0.25) is 0 Å². The predicted molar refractivity (Wildman–Crippen MR) is 61.6 cm³/mol. The monoisotopic (exact) mass is 212 g/mol. The SMILES string of the molecule is NC(CCO)CN(CC1CC1)CC1CC1. The van der Waals surface area contributed by atoms with Crippen LogP contribution in [0.3, 0.4) is 0 Å². The second-order valence-electron chi connectivity index (χ2n) is 5.38. The Kier molecular flexibility index (Phi) is 4.00. The van der Waals surface area contributed by atoms with Crippen LogP contribution in [-0.4, -0.2) is 42.3 Å². The highest BCUT2D eigenvalue weighted by Crippen LogP contribution is 2.33. The van der Waals surface area contributed by atoms with E-state index in [0.29, 0.717) is 0 Å². The smallest absolute Gasteiger partial charge is 0.0446 e. The van der Waals surface area contributed by atoms with Crippen molar-refractivity contribution in [3.8, 4) is 0 Å². The minimum absolute atomic E-state index is 0.160. The van der Waals surface area contributed by atoms with Crippen molar-refractivity contribution in [3.63, 3.8) is 0 Å². The summed E-state index contributed by atoms with van der Waals surface area (Å²) in [5.41, 5.74) is 5.98. The fraction of sp³-hybridized carbons (Fsp3) is 1.00. The first-order chi connectivity index (χ1) is 7.28. The van der Waals surface area contributed by atoms with Gasteiger partial charge in [-0.05, 0) is 43.9 Å². The average Bonchev–Trinajstić information content (AvgIpc) is 2.99. The number of rotatable bonds is 8. The van der Waals surface area contributed by atoms with E-state index in [1.54, 1.807) is 0 Å². The third kappa shape index (κ3) is 4.49. The summed E-state index contributed by atoms with van der Waals surface area (Å²) in [7, 11) is 0. The molecule has 0 heterocycles. The quantitative estimate of drug-likeness (QED) is 0.626. The van der Waals surface area contributed by atoms with Gasteiger partial charge in [0.2, 0.25) is 0 Å². The van der Waals surface area contributed by atoms with Crippen LogP contribution < -0.4 is 5.73 Å². The van der Waals surface area contributed by atoms with Crippen LogP contribution in [0.2, 0.25) is 0 Å². The lowest BCUT2D eigenvalue weighted by Crippen LogP contribution is -2.40. The van der Waals surface area contributed by atoms with Gasteiger partial charge in [-0.2, -0.15) is 0 Å². The van der Waals surface area contributed by atoms with E-state index in [1.165, 1.54) is 38.8 Å². The Labute approximate surface area is 92.6 Å². The van der Waals surface area contributed by atoms with E-state index in [1.807, 2.05) is 0 Å². The van der Waals surface area contributed by atoms with Crippen molar-refractivity contribution in [1.82, 2.24) is 4.90 Å². The van der Waals surface area contributed by atoms with Gasteiger partial charge in [0, 0.05) is 32.3 Å². The first-order valence-corrected chi connectivity index (χ1v) is 6.36. The summed E-state index contributed by atoms with van der Waals surface area (Å²) in [5, 5.41) is 8.84. The van der Waals surface area contributed by atoms with Crippen molar-refractivity contribution in [2.45, 2.75) is 38.1 Å². The lowest BCUT2D eigenvalue weighted by Gasteiger charge is -2.25.